The molecular weight excluding hydrogens is 480 g/mol. The van der Waals surface area contributed by atoms with E-state index in [2.05, 4.69) is 15.2 Å². The van der Waals surface area contributed by atoms with E-state index in [1.807, 2.05) is 0 Å². The maximum atomic E-state index is 14.4. The van der Waals surface area contributed by atoms with Crippen LogP contribution in [0.4, 0.5) is 17.6 Å². The summed E-state index contributed by atoms with van der Waals surface area (Å²) in [5.41, 5.74) is 7.11. The molecule has 4 heterocycles. The Morgan fingerprint density at radius 2 is 1.97 bits per heavy atom. The number of nitrogens with zero attached hydrogens (tertiary/aromatic N) is 5. The smallest absolute Gasteiger partial charge is 0.408 e. The summed E-state index contributed by atoms with van der Waals surface area (Å²) in [6.45, 7) is 0.880. The van der Waals surface area contributed by atoms with Crippen LogP contribution in [0.5, 0.6) is 5.75 Å². The fraction of sp³-hybridized carbons (Fsp3) is 0.375. The van der Waals surface area contributed by atoms with E-state index in [9.17, 15) is 17.6 Å². The molecule has 0 bridgehead atoms. The van der Waals surface area contributed by atoms with Gasteiger partial charge < -0.3 is 15.2 Å². The van der Waals surface area contributed by atoms with Crippen molar-refractivity contribution in [1.82, 2.24) is 24.5 Å². The third kappa shape index (κ3) is 4.71. The maximum Gasteiger partial charge on any atom is 0.408 e. The highest BCUT2D eigenvalue weighted by Gasteiger charge is 2.46. The molecule has 1 fully saturated rings. The molecule has 8 nitrogen and oxygen atoms in total. The number of nitrogens with two attached hydrogens (primary N) is 1. The first-order chi connectivity index (χ1) is 17.2. The molecule has 12 heteroatoms. The molecule has 2 unspecified atom stereocenters. The van der Waals surface area contributed by atoms with Crippen molar-refractivity contribution in [2.75, 3.05) is 33.4 Å². The quantitative estimate of drug-likeness (QED) is 0.303. The van der Waals surface area contributed by atoms with Gasteiger partial charge in [0.15, 0.2) is 23.0 Å². The summed E-state index contributed by atoms with van der Waals surface area (Å²) in [5.74, 6) is -0.251. The van der Waals surface area contributed by atoms with Gasteiger partial charge in [0.1, 0.15) is 18.3 Å². The summed E-state index contributed by atoms with van der Waals surface area (Å²) in [6.07, 6.45) is -2.59. The molecule has 1 aromatic carbocycles. The summed E-state index contributed by atoms with van der Waals surface area (Å²) in [5, 5.41) is 8.78. The summed E-state index contributed by atoms with van der Waals surface area (Å²) < 4.78 is 68.5. The maximum absolute atomic E-state index is 14.4. The van der Waals surface area contributed by atoms with Crippen LogP contribution in [-0.2, 0) is 4.74 Å². The summed E-state index contributed by atoms with van der Waals surface area (Å²) in [6, 6.07) is 6.88. The largest absolute Gasteiger partial charge is 0.488 e. The Labute approximate surface area is 203 Å². The normalized spacial score (nSPS) is 17.8. The SMILES string of the molecule is COCCOc1cc2nc(-c3nnc4ccc(C(N5CCC(N)C5)C(F)(F)F)cn34)ccc2cc1F. The predicted molar refractivity (Wildman–Crippen MR) is 124 cm³/mol. The van der Waals surface area contributed by atoms with Crippen LogP contribution in [0.3, 0.4) is 0 Å². The van der Waals surface area contributed by atoms with Crippen LogP contribution in [0.2, 0.25) is 0 Å². The Kier molecular flexibility index (Phi) is 6.49. The zero-order chi connectivity index (χ0) is 25.4. The number of pyridine rings is 2. The monoisotopic (exact) mass is 504 g/mol. The molecule has 4 aromatic rings. The van der Waals surface area contributed by atoms with Crippen LogP contribution in [0.25, 0.3) is 28.1 Å². The number of hydrogen-bond donors (Lipinski definition) is 1. The lowest BCUT2D eigenvalue weighted by Crippen LogP contribution is -2.38. The van der Waals surface area contributed by atoms with Gasteiger partial charge in [-0.25, -0.2) is 9.37 Å². The topological polar surface area (TPSA) is 90.8 Å². The van der Waals surface area contributed by atoms with E-state index in [1.165, 1.54) is 46.9 Å². The Balaban J connectivity index is 1.54. The second-order valence-electron chi connectivity index (χ2n) is 8.72. The van der Waals surface area contributed by atoms with Crippen LogP contribution < -0.4 is 10.5 Å². The Morgan fingerprint density at radius 3 is 2.69 bits per heavy atom. The fourth-order valence-electron chi connectivity index (χ4n) is 4.49. The minimum atomic E-state index is -4.49. The lowest BCUT2D eigenvalue weighted by Gasteiger charge is -2.30. The van der Waals surface area contributed by atoms with Crippen LogP contribution in [-0.4, -0.2) is 70.1 Å². The van der Waals surface area contributed by atoms with Crippen molar-refractivity contribution in [2.24, 2.45) is 5.73 Å². The first-order valence-electron chi connectivity index (χ1n) is 11.4. The van der Waals surface area contributed by atoms with Gasteiger partial charge >= 0.3 is 6.18 Å². The number of halogens is 4. The highest BCUT2D eigenvalue weighted by molar-refractivity contribution is 5.82. The van der Waals surface area contributed by atoms with Gasteiger partial charge in [-0.05, 0) is 30.2 Å². The van der Waals surface area contributed by atoms with Crippen molar-refractivity contribution < 1.29 is 27.0 Å². The Hall–Kier alpha value is -3.35. The first kappa shape index (κ1) is 24.3. The number of rotatable bonds is 7. The average molecular weight is 504 g/mol. The van der Waals surface area contributed by atoms with Crippen LogP contribution in [0.15, 0.2) is 42.6 Å². The van der Waals surface area contributed by atoms with Crippen molar-refractivity contribution in [3.8, 4) is 17.3 Å². The average Bonchev–Trinajstić information content (AvgIpc) is 3.44. The van der Waals surface area contributed by atoms with Gasteiger partial charge in [0.25, 0.3) is 0 Å². The minimum Gasteiger partial charge on any atom is -0.488 e. The number of likely N-dealkylation sites (tertiary alicyclic amines) is 1. The molecule has 1 saturated heterocycles. The van der Waals surface area contributed by atoms with E-state index in [0.29, 0.717) is 35.3 Å². The predicted octanol–water partition coefficient (Wildman–Crippen LogP) is 3.75. The number of methoxy groups -OCH3 is 1. The summed E-state index contributed by atoms with van der Waals surface area (Å²) in [4.78, 5) is 5.91. The minimum absolute atomic E-state index is 0.0226. The second-order valence-corrected chi connectivity index (χ2v) is 8.72. The molecule has 3 aromatic heterocycles. The molecule has 36 heavy (non-hydrogen) atoms. The lowest BCUT2D eigenvalue weighted by molar-refractivity contribution is -0.183. The van der Waals surface area contributed by atoms with Gasteiger partial charge in [-0.1, -0.05) is 12.1 Å². The number of alkyl halides is 3. The molecule has 5 rings (SSSR count). The molecule has 0 radical (unpaired) electrons. The van der Waals surface area contributed by atoms with E-state index in [4.69, 9.17) is 15.2 Å². The van der Waals surface area contributed by atoms with Gasteiger partial charge in [0, 0.05) is 43.9 Å². The molecule has 0 amide bonds. The van der Waals surface area contributed by atoms with E-state index in [1.54, 1.807) is 12.1 Å². The summed E-state index contributed by atoms with van der Waals surface area (Å²) in [7, 11) is 1.51. The zero-order valence-corrected chi connectivity index (χ0v) is 19.4. The number of fused-ring (bicyclic) bond motifs is 2. The van der Waals surface area contributed by atoms with Crippen molar-refractivity contribution in [1.29, 1.82) is 0 Å². The molecule has 1 aliphatic rings. The van der Waals surface area contributed by atoms with Gasteiger partial charge in [-0.15, -0.1) is 10.2 Å². The van der Waals surface area contributed by atoms with Gasteiger partial charge in [0.05, 0.1) is 12.1 Å². The Morgan fingerprint density at radius 1 is 1.14 bits per heavy atom. The van der Waals surface area contributed by atoms with Crippen LogP contribution in [0.1, 0.15) is 18.0 Å². The third-order valence-corrected chi connectivity index (χ3v) is 6.19. The van der Waals surface area contributed by atoms with E-state index >= 15 is 0 Å². The molecule has 2 atom stereocenters. The number of ether oxygens (including phenoxy) is 2. The van der Waals surface area contributed by atoms with E-state index in [0.717, 1.165) is 0 Å². The number of benzene rings is 1. The van der Waals surface area contributed by atoms with Gasteiger partial charge in [-0.2, -0.15) is 13.2 Å². The standard InChI is InChI=1S/C24H24F4N6O2/c1-35-8-9-36-20-11-19-14(10-17(20)25)2-4-18(30-19)23-32-31-21-5-3-15(12-34(21)23)22(24(26,27)28)33-7-6-16(29)13-33/h2-5,10-12,16,22H,6-9,13,29H2,1H3. The van der Waals surface area contributed by atoms with Gasteiger partial charge in [0.2, 0.25) is 0 Å². The van der Waals surface area contributed by atoms with Crippen molar-refractivity contribution in [3.63, 3.8) is 0 Å². The Bertz CT molecular complexity index is 1390. The lowest BCUT2D eigenvalue weighted by atomic mass is 10.1. The number of aromatic nitrogens is 4. The third-order valence-electron chi connectivity index (χ3n) is 6.19. The second kappa shape index (κ2) is 9.60. The molecule has 190 valence electrons. The van der Waals surface area contributed by atoms with Crippen LogP contribution >= 0.6 is 0 Å². The van der Waals surface area contributed by atoms with Crippen molar-refractivity contribution in [2.45, 2.75) is 24.7 Å². The van der Waals surface area contributed by atoms with E-state index < -0.39 is 18.0 Å². The van der Waals surface area contributed by atoms with Crippen molar-refractivity contribution in [3.05, 3.63) is 54.0 Å². The molecular formula is C24H24F4N6O2. The van der Waals surface area contributed by atoms with Gasteiger partial charge in [-0.3, -0.25) is 9.30 Å². The first-order valence-corrected chi connectivity index (χ1v) is 11.4. The molecule has 0 spiro atoms. The molecule has 0 saturated carbocycles. The fourth-order valence-corrected chi connectivity index (χ4v) is 4.49. The molecule has 0 aliphatic carbocycles. The zero-order valence-electron chi connectivity index (χ0n) is 19.4. The van der Waals surface area contributed by atoms with Crippen molar-refractivity contribution >= 4 is 16.6 Å². The highest BCUT2D eigenvalue weighted by Crippen LogP contribution is 2.39. The number of hydrogen-bond acceptors (Lipinski definition) is 7. The summed E-state index contributed by atoms with van der Waals surface area (Å²) >= 11 is 0. The molecule has 1 aliphatic heterocycles. The highest BCUT2D eigenvalue weighted by atomic mass is 19.4. The van der Waals surface area contributed by atoms with Crippen LogP contribution in [0, 0.1) is 5.82 Å². The van der Waals surface area contributed by atoms with E-state index in [-0.39, 0.29) is 42.9 Å². The molecule has 2 N–H and O–H groups in total.